The Hall–Kier alpha value is -5.98. The highest BCUT2D eigenvalue weighted by atomic mass is 14.2. The van der Waals surface area contributed by atoms with Crippen molar-refractivity contribution in [1.82, 2.24) is 0 Å². The van der Waals surface area contributed by atoms with Gasteiger partial charge in [-0.2, -0.15) is 0 Å². The van der Waals surface area contributed by atoms with Crippen LogP contribution in [0.4, 0.5) is 0 Å². The Kier molecular flexibility index (Phi) is 4.91. The maximum atomic E-state index is 9.33. The Morgan fingerprint density at radius 1 is 0.383 bits per heavy atom. The van der Waals surface area contributed by atoms with Gasteiger partial charge in [-0.05, 0) is 100 Å². The summed E-state index contributed by atoms with van der Waals surface area (Å²) in [4.78, 5) is 0. The summed E-state index contributed by atoms with van der Waals surface area (Å²) < 4.78 is 72.4. The van der Waals surface area contributed by atoms with E-state index in [4.69, 9.17) is 5.48 Å². The molecule has 0 N–H and O–H groups in total. The van der Waals surface area contributed by atoms with Gasteiger partial charge in [0.05, 0.1) is 11.0 Å². The Bertz CT molecular complexity index is 2950. The maximum Gasteiger partial charge on any atom is 0.0629 e. The van der Waals surface area contributed by atoms with E-state index in [9.17, 15) is 5.48 Å². The average Bonchev–Trinajstić information content (AvgIpc) is 3.23. The Morgan fingerprint density at radius 3 is 1.68 bits per heavy atom. The lowest BCUT2D eigenvalue weighted by molar-refractivity contribution is 1.26. The minimum atomic E-state index is -0.407. The van der Waals surface area contributed by atoms with Crippen LogP contribution >= 0.6 is 0 Å². The fourth-order valence-electron chi connectivity index (χ4n) is 6.94. The van der Waals surface area contributed by atoms with Crippen LogP contribution in [0.3, 0.4) is 0 Å². The van der Waals surface area contributed by atoms with E-state index < -0.39 is 24.2 Å². The summed E-state index contributed by atoms with van der Waals surface area (Å²) in [5.74, 6) is 0. The second-order valence-electron chi connectivity index (χ2n) is 11.9. The van der Waals surface area contributed by atoms with E-state index in [1.807, 2.05) is 84.9 Å². The zero-order valence-electron chi connectivity index (χ0n) is 33.4. The molecule has 0 radical (unpaired) electrons. The third-order valence-electron chi connectivity index (χ3n) is 9.20. The lowest BCUT2D eigenvalue weighted by Crippen LogP contribution is -1.97. The molecule has 0 aliphatic rings. The molecule has 0 spiro atoms. The van der Waals surface area contributed by atoms with Crippen molar-refractivity contribution in [2.24, 2.45) is 0 Å². The van der Waals surface area contributed by atoms with E-state index in [-0.39, 0.29) is 52.1 Å². The maximum absolute atomic E-state index is 9.33. The first-order chi connectivity index (χ1) is 26.6. The molecule has 0 amide bonds. The van der Waals surface area contributed by atoms with Crippen molar-refractivity contribution in [3.05, 3.63) is 193 Å². The Labute approximate surface area is 286 Å². The fourth-order valence-corrected chi connectivity index (χ4v) is 6.94. The molecular formula is C47H32. The van der Waals surface area contributed by atoms with Crippen molar-refractivity contribution < 1.29 is 11.0 Å². The Balaban J connectivity index is 1.34. The molecule has 0 nitrogen and oxygen atoms in total. The normalized spacial score (nSPS) is 13.9. The van der Waals surface area contributed by atoms with Gasteiger partial charge in [0, 0.05) is 0 Å². The average molecular weight is 605 g/mol. The topological polar surface area (TPSA) is 0 Å². The van der Waals surface area contributed by atoms with Gasteiger partial charge in [-0.15, -0.1) is 0 Å². The summed E-state index contributed by atoms with van der Waals surface area (Å²) in [5.41, 5.74) is 6.27. The number of hydrogen-bond acceptors (Lipinski definition) is 0. The highest BCUT2D eigenvalue weighted by Crippen LogP contribution is 2.42. The molecule has 9 aromatic rings. The van der Waals surface area contributed by atoms with Crippen LogP contribution in [0.5, 0.6) is 0 Å². The van der Waals surface area contributed by atoms with Gasteiger partial charge in [0.1, 0.15) is 0 Å². The second kappa shape index (κ2) is 11.4. The van der Waals surface area contributed by atoms with Gasteiger partial charge in [-0.1, -0.05) is 176 Å². The summed E-state index contributed by atoms with van der Waals surface area (Å²) in [6.07, 6.45) is 0.161. The van der Waals surface area contributed by atoms with Crippen molar-refractivity contribution in [2.45, 2.75) is 6.42 Å². The molecule has 0 atom stereocenters. The molecule has 0 fully saturated rings. The second-order valence-corrected chi connectivity index (χ2v) is 11.9. The van der Waals surface area contributed by atoms with E-state index in [2.05, 4.69) is 48.5 Å². The van der Waals surface area contributed by atoms with E-state index >= 15 is 0 Å². The third-order valence-corrected chi connectivity index (χ3v) is 9.20. The molecule has 0 bridgehead atoms. The van der Waals surface area contributed by atoms with E-state index in [1.54, 1.807) is 0 Å². The smallest absolute Gasteiger partial charge is 0.0622 e. The van der Waals surface area contributed by atoms with Gasteiger partial charge in [-0.3, -0.25) is 0 Å². The zero-order chi connectivity index (χ0) is 38.1. The molecule has 220 valence electrons. The number of benzene rings is 9. The molecule has 0 aromatic heterocycles. The first-order valence-corrected chi connectivity index (χ1v) is 15.7. The van der Waals surface area contributed by atoms with Gasteiger partial charge in [0.2, 0.25) is 0 Å². The molecule has 9 rings (SSSR count). The molecule has 0 saturated heterocycles. The van der Waals surface area contributed by atoms with Gasteiger partial charge in [0.15, 0.2) is 0 Å². The SMILES string of the molecule is [2H]c1c([2H])c([2H])c2c(-c3ccc(-c4ccc5ccccc5c4)cc3)c3c([2H])c([2H])c([2H])c([2H])c3c(Cc3ccc(-c4ccccc4)c4ccccc34)c2c1[2H]. The van der Waals surface area contributed by atoms with Crippen LogP contribution in [0.25, 0.3) is 76.5 Å². The molecule has 0 unspecified atom stereocenters. The largest absolute Gasteiger partial charge is 0.0629 e. The predicted octanol–water partition coefficient (Wildman–Crippen LogP) is 12.9. The number of hydrogen-bond donors (Lipinski definition) is 0. The molecule has 0 heterocycles. The van der Waals surface area contributed by atoms with Crippen LogP contribution in [0.2, 0.25) is 0 Å². The van der Waals surface area contributed by atoms with Crippen molar-refractivity contribution in [1.29, 1.82) is 0 Å². The molecule has 0 aliphatic heterocycles. The van der Waals surface area contributed by atoms with Crippen molar-refractivity contribution in [3.8, 4) is 33.4 Å². The molecule has 0 aliphatic carbocycles. The lowest BCUT2D eigenvalue weighted by atomic mass is 9.85. The fraction of sp³-hybridized carbons (Fsp3) is 0.0213. The quantitative estimate of drug-likeness (QED) is 0.171. The summed E-state index contributed by atoms with van der Waals surface area (Å²) in [7, 11) is 0. The predicted molar refractivity (Wildman–Crippen MR) is 202 cm³/mol. The molecule has 0 saturated carbocycles. The molecule has 9 aromatic carbocycles. The van der Waals surface area contributed by atoms with Gasteiger partial charge in [0.25, 0.3) is 0 Å². The van der Waals surface area contributed by atoms with Gasteiger partial charge >= 0.3 is 0 Å². The van der Waals surface area contributed by atoms with Gasteiger partial charge in [-0.25, -0.2) is 0 Å². The number of rotatable bonds is 5. The summed E-state index contributed by atoms with van der Waals surface area (Å²) in [5, 5.41) is 5.12. The minimum absolute atomic E-state index is 0.161. The van der Waals surface area contributed by atoms with Gasteiger partial charge < -0.3 is 0 Å². The van der Waals surface area contributed by atoms with E-state index in [0.717, 1.165) is 49.4 Å². The molecular weight excluding hydrogens is 565 g/mol. The third kappa shape index (κ3) is 4.78. The van der Waals surface area contributed by atoms with E-state index in [1.165, 1.54) is 0 Å². The summed E-state index contributed by atoms with van der Waals surface area (Å²) >= 11 is 0. The van der Waals surface area contributed by atoms with Crippen LogP contribution in [0.15, 0.2) is 182 Å². The highest BCUT2D eigenvalue weighted by Gasteiger charge is 2.17. The van der Waals surface area contributed by atoms with Crippen LogP contribution in [-0.2, 0) is 6.42 Å². The first kappa shape index (κ1) is 20.2. The van der Waals surface area contributed by atoms with Crippen LogP contribution in [0.1, 0.15) is 22.1 Å². The minimum Gasteiger partial charge on any atom is -0.0622 e. The zero-order valence-corrected chi connectivity index (χ0v) is 25.4. The summed E-state index contributed by atoms with van der Waals surface area (Å²) in [6, 6.07) is 41.5. The van der Waals surface area contributed by atoms with Crippen LogP contribution < -0.4 is 0 Å². The van der Waals surface area contributed by atoms with Crippen molar-refractivity contribution >= 4 is 43.1 Å². The monoisotopic (exact) mass is 604 g/mol. The first-order valence-electron chi connectivity index (χ1n) is 19.7. The lowest BCUT2D eigenvalue weighted by Gasteiger charge is -2.19. The highest BCUT2D eigenvalue weighted by molar-refractivity contribution is 6.15. The van der Waals surface area contributed by atoms with Crippen LogP contribution in [-0.4, -0.2) is 0 Å². The standard InChI is InChI=1S/C47H32/c1-2-13-34(14-3-1)40-29-28-38(39-16-6-7-17-41(39)40)31-46-42-18-8-10-20-44(42)47(45-21-11-9-19-43(45)46)35-25-22-33(23-26-35)37-27-24-32-12-4-5-15-36(32)30-37/h1-30H,31H2/i8D,9D,10D,11D,18D,19D,20D,21D. The van der Waals surface area contributed by atoms with E-state index in [0.29, 0.717) is 16.7 Å². The number of fused-ring (bicyclic) bond motifs is 4. The molecule has 47 heavy (non-hydrogen) atoms. The summed E-state index contributed by atoms with van der Waals surface area (Å²) in [6.45, 7) is 0. The Morgan fingerprint density at radius 2 is 0.957 bits per heavy atom. The molecule has 0 heteroatoms. The van der Waals surface area contributed by atoms with Crippen LogP contribution in [0, 0.1) is 0 Å². The van der Waals surface area contributed by atoms with Crippen molar-refractivity contribution in [2.75, 3.05) is 0 Å². The van der Waals surface area contributed by atoms with Crippen molar-refractivity contribution in [3.63, 3.8) is 0 Å².